The molecule has 2 atom stereocenters. The van der Waals surface area contributed by atoms with E-state index < -0.39 is 0 Å². The molecule has 0 saturated carbocycles. The molecule has 21 heavy (non-hydrogen) atoms. The molecule has 2 aliphatic rings. The van der Waals surface area contributed by atoms with Gasteiger partial charge in [0.05, 0.1) is 12.6 Å². The van der Waals surface area contributed by atoms with Gasteiger partial charge in [0, 0.05) is 32.5 Å². The SMILES string of the molecule is CC(=O)N1CC[C@H]2COC(=O)N(Cc3ccccc3)[C@@H]2C1. The van der Waals surface area contributed by atoms with Gasteiger partial charge in [0.15, 0.2) is 0 Å². The molecule has 5 nitrogen and oxygen atoms in total. The van der Waals surface area contributed by atoms with Crippen LogP contribution in [0.2, 0.25) is 0 Å². The second kappa shape index (κ2) is 5.76. The Kier molecular flexibility index (Phi) is 3.82. The van der Waals surface area contributed by atoms with Crippen molar-refractivity contribution in [2.24, 2.45) is 5.92 Å². The molecule has 112 valence electrons. The zero-order valence-corrected chi connectivity index (χ0v) is 12.2. The third-order valence-corrected chi connectivity index (χ3v) is 4.42. The highest BCUT2D eigenvalue weighted by atomic mass is 16.6. The van der Waals surface area contributed by atoms with E-state index in [1.54, 1.807) is 11.8 Å². The Morgan fingerprint density at radius 2 is 2.10 bits per heavy atom. The van der Waals surface area contributed by atoms with Gasteiger partial charge >= 0.3 is 6.09 Å². The molecule has 1 aromatic carbocycles. The van der Waals surface area contributed by atoms with E-state index in [4.69, 9.17) is 4.74 Å². The van der Waals surface area contributed by atoms with Crippen molar-refractivity contribution >= 4 is 12.0 Å². The van der Waals surface area contributed by atoms with E-state index in [1.807, 2.05) is 35.2 Å². The third-order valence-electron chi connectivity index (χ3n) is 4.42. The second-order valence-electron chi connectivity index (χ2n) is 5.77. The molecule has 0 aromatic heterocycles. The van der Waals surface area contributed by atoms with Crippen molar-refractivity contribution in [1.82, 2.24) is 9.80 Å². The average Bonchev–Trinajstić information content (AvgIpc) is 2.50. The van der Waals surface area contributed by atoms with Crippen molar-refractivity contribution in [1.29, 1.82) is 0 Å². The molecule has 3 rings (SSSR count). The zero-order chi connectivity index (χ0) is 14.8. The molecule has 2 fully saturated rings. The van der Waals surface area contributed by atoms with E-state index in [-0.39, 0.29) is 18.0 Å². The number of amides is 2. The van der Waals surface area contributed by atoms with Crippen molar-refractivity contribution in [3.8, 4) is 0 Å². The van der Waals surface area contributed by atoms with Crippen LogP contribution in [0.5, 0.6) is 0 Å². The Hall–Kier alpha value is -2.04. The maximum atomic E-state index is 12.1. The predicted molar refractivity (Wildman–Crippen MR) is 77.5 cm³/mol. The second-order valence-corrected chi connectivity index (χ2v) is 5.77. The summed E-state index contributed by atoms with van der Waals surface area (Å²) in [5, 5.41) is 0. The predicted octanol–water partition coefficient (Wildman–Crippen LogP) is 1.88. The fraction of sp³-hybridized carbons (Fsp3) is 0.500. The molecule has 5 heteroatoms. The summed E-state index contributed by atoms with van der Waals surface area (Å²) in [7, 11) is 0. The lowest BCUT2D eigenvalue weighted by Crippen LogP contribution is -2.59. The van der Waals surface area contributed by atoms with Gasteiger partial charge in [-0.1, -0.05) is 30.3 Å². The lowest BCUT2D eigenvalue weighted by molar-refractivity contribution is -0.133. The summed E-state index contributed by atoms with van der Waals surface area (Å²) in [6.45, 7) is 3.96. The first kappa shape index (κ1) is 13.9. The Labute approximate surface area is 124 Å². The number of benzene rings is 1. The number of cyclic esters (lactones) is 1. The first-order valence-corrected chi connectivity index (χ1v) is 7.38. The summed E-state index contributed by atoms with van der Waals surface area (Å²) in [6.07, 6.45) is 0.619. The Morgan fingerprint density at radius 3 is 2.81 bits per heavy atom. The van der Waals surface area contributed by atoms with E-state index in [9.17, 15) is 9.59 Å². The smallest absolute Gasteiger partial charge is 0.410 e. The van der Waals surface area contributed by atoms with Gasteiger partial charge in [-0.2, -0.15) is 0 Å². The third kappa shape index (κ3) is 2.86. The largest absolute Gasteiger partial charge is 0.449 e. The quantitative estimate of drug-likeness (QED) is 0.835. The van der Waals surface area contributed by atoms with E-state index >= 15 is 0 Å². The summed E-state index contributed by atoms with van der Waals surface area (Å²) in [5.74, 6) is 0.397. The van der Waals surface area contributed by atoms with Crippen LogP contribution in [0.25, 0.3) is 0 Å². The highest BCUT2D eigenvalue weighted by Crippen LogP contribution is 2.28. The number of hydrogen-bond donors (Lipinski definition) is 0. The topological polar surface area (TPSA) is 49.9 Å². The Balaban J connectivity index is 1.78. The summed E-state index contributed by atoms with van der Waals surface area (Å²) >= 11 is 0. The summed E-state index contributed by atoms with van der Waals surface area (Å²) in [5.41, 5.74) is 1.08. The molecule has 0 spiro atoms. The van der Waals surface area contributed by atoms with Gasteiger partial charge in [-0.05, 0) is 12.0 Å². The van der Waals surface area contributed by atoms with Crippen molar-refractivity contribution in [2.75, 3.05) is 19.7 Å². The van der Waals surface area contributed by atoms with Crippen LogP contribution >= 0.6 is 0 Å². The van der Waals surface area contributed by atoms with Crippen LogP contribution in [-0.2, 0) is 16.1 Å². The minimum absolute atomic E-state index is 0.0594. The fourth-order valence-corrected chi connectivity index (χ4v) is 3.17. The van der Waals surface area contributed by atoms with Gasteiger partial charge in [0.25, 0.3) is 0 Å². The number of fused-ring (bicyclic) bond motifs is 1. The number of nitrogens with zero attached hydrogens (tertiary/aromatic N) is 2. The van der Waals surface area contributed by atoms with E-state index in [0.717, 1.165) is 18.5 Å². The van der Waals surface area contributed by atoms with Crippen molar-refractivity contribution in [3.63, 3.8) is 0 Å². The lowest BCUT2D eigenvalue weighted by atomic mass is 9.89. The van der Waals surface area contributed by atoms with Crippen molar-refractivity contribution in [3.05, 3.63) is 35.9 Å². The van der Waals surface area contributed by atoms with Crippen molar-refractivity contribution in [2.45, 2.75) is 25.9 Å². The molecule has 1 aromatic rings. The zero-order valence-electron chi connectivity index (χ0n) is 12.2. The number of ether oxygens (including phenoxy) is 1. The maximum absolute atomic E-state index is 12.1. The number of likely N-dealkylation sites (tertiary alicyclic amines) is 1. The summed E-state index contributed by atoms with van der Waals surface area (Å²) < 4.78 is 5.31. The minimum atomic E-state index is -0.273. The molecule has 2 amide bonds. The lowest BCUT2D eigenvalue weighted by Gasteiger charge is -2.46. The van der Waals surface area contributed by atoms with Crippen LogP contribution in [0.3, 0.4) is 0 Å². The van der Waals surface area contributed by atoms with Gasteiger partial charge in [0.2, 0.25) is 5.91 Å². The average molecular weight is 288 g/mol. The summed E-state index contributed by atoms with van der Waals surface area (Å²) in [6, 6.07) is 9.95. The number of hydrogen-bond acceptors (Lipinski definition) is 3. The highest BCUT2D eigenvalue weighted by Gasteiger charge is 2.41. The van der Waals surface area contributed by atoms with Crippen LogP contribution in [0.1, 0.15) is 18.9 Å². The molecular weight excluding hydrogens is 268 g/mol. The van der Waals surface area contributed by atoms with Gasteiger partial charge < -0.3 is 9.64 Å². The maximum Gasteiger partial charge on any atom is 0.410 e. The highest BCUT2D eigenvalue weighted by molar-refractivity contribution is 5.74. The number of piperidine rings is 1. The Morgan fingerprint density at radius 1 is 1.33 bits per heavy atom. The number of carbonyl (C=O) groups is 2. The van der Waals surface area contributed by atoms with Crippen molar-refractivity contribution < 1.29 is 14.3 Å². The molecular formula is C16H20N2O3. The standard InChI is InChI=1S/C16H20N2O3/c1-12(19)17-8-7-14-11-21-16(20)18(15(14)10-17)9-13-5-3-2-4-6-13/h2-6,14-15H,7-11H2,1H3/t14-,15+/m0/s1. The first-order valence-electron chi connectivity index (χ1n) is 7.38. The molecule has 2 heterocycles. The van der Waals surface area contributed by atoms with Gasteiger partial charge in [-0.3, -0.25) is 9.69 Å². The monoisotopic (exact) mass is 288 g/mol. The summed E-state index contributed by atoms with van der Waals surface area (Å²) in [4.78, 5) is 27.3. The fourth-order valence-electron chi connectivity index (χ4n) is 3.17. The molecule has 0 unspecified atom stereocenters. The molecule has 0 aliphatic carbocycles. The van der Waals surface area contributed by atoms with Crippen LogP contribution in [0.15, 0.2) is 30.3 Å². The van der Waals surface area contributed by atoms with Gasteiger partial charge in [-0.25, -0.2) is 4.79 Å². The first-order chi connectivity index (χ1) is 10.1. The molecule has 0 N–H and O–H groups in total. The molecule has 2 aliphatic heterocycles. The number of carbonyl (C=O) groups excluding carboxylic acids is 2. The van der Waals surface area contributed by atoms with E-state index in [0.29, 0.717) is 25.6 Å². The van der Waals surface area contributed by atoms with Gasteiger partial charge in [-0.15, -0.1) is 0 Å². The van der Waals surface area contributed by atoms with Crippen LogP contribution in [-0.4, -0.2) is 47.5 Å². The van der Waals surface area contributed by atoms with Crippen LogP contribution in [0.4, 0.5) is 4.79 Å². The van der Waals surface area contributed by atoms with Gasteiger partial charge in [0.1, 0.15) is 0 Å². The van der Waals surface area contributed by atoms with Crippen LogP contribution in [0, 0.1) is 5.92 Å². The molecule has 0 bridgehead atoms. The normalized spacial score (nSPS) is 25.3. The van der Waals surface area contributed by atoms with E-state index in [2.05, 4.69) is 0 Å². The Bertz CT molecular complexity index is 532. The minimum Gasteiger partial charge on any atom is -0.449 e. The molecule has 0 radical (unpaired) electrons. The molecule has 2 saturated heterocycles. The van der Waals surface area contributed by atoms with Crippen LogP contribution < -0.4 is 0 Å². The number of rotatable bonds is 2. The van der Waals surface area contributed by atoms with E-state index in [1.165, 1.54) is 0 Å².